The smallest absolute Gasteiger partial charge is 0.276 e. The van der Waals surface area contributed by atoms with Gasteiger partial charge in [0.25, 0.3) is 11.4 Å². The molecule has 0 fully saturated rings. The number of nitro benzene ring substituents is 2. The highest BCUT2D eigenvalue weighted by molar-refractivity contribution is 8.13. The first-order valence-electron chi connectivity index (χ1n) is 4.29. The van der Waals surface area contributed by atoms with Gasteiger partial charge in [-0.1, -0.05) is 11.8 Å². The minimum Gasteiger partial charge on any atom is -0.379 e. The van der Waals surface area contributed by atoms with E-state index in [1.165, 1.54) is 12.1 Å². The molecule has 90 valence electrons. The molecule has 1 aromatic carbocycles. The van der Waals surface area contributed by atoms with Gasteiger partial charge in [-0.15, -0.1) is 0 Å². The fraction of sp³-hybridized carbons (Fsp3) is 0.125. The first-order valence-corrected chi connectivity index (χ1v) is 5.28. The maximum atomic E-state index is 10.6. The quantitative estimate of drug-likeness (QED) is 0.363. The SMILES string of the molecule is N=C(N)SCc1cc([N+](=O)[O-])cc([N+](=O)[O-])c1. The largest absolute Gasteiger partial charge is 0.379 e. The molecule has 0 unspecified atom stereocenters. The number of rotatable bonds is 4. The van der Waals surface area contributed by atoms with Crippen LogP contribution in [0.2, 0.25) is 0 Å². The third-order valence-electron chi connectivity index (χ3n) is 1.78. The Labute approximate surface area is 99.6 Å². The van der Waals surface area contributed by atoms with Crippen molar-refractivity contribution in [1.29, 1.82) is 5.41 Å². The highest BCUT2D eigenvalue weighted by atomic mass is 32.2. The molecule has 0 heterocycles. The topological polar surface area (TPSA) is 136 Å². The van der Waals surface area contributed by atoms with Crippen LogP contribution < -0.4 is 5.73 Å². The molecule has 1 aromatic rings. The number of non-ortho nitro benzene ring substituents is 2. The van der Waals surface area contributed by atoms with Crippen molar-refractivity contribution in [3.05, 3.63) is 44.0 Å². The van der Waals surface area contributed by atoms with Crippen molar-refractivity contribution in [1.82, 2.24) is 0 Å². The second-order valence-corrected chi connectivity index (χ2v) is 4.04. The monoisotopic (exact) mass is 256 g/mol. The summed E-state index contributed by atoms with van der Waals surface area (Å²) in [6, 6.07) is 3.34. The van der Waals surface area contributed by atoms with Crippen molar-refractivity contribution in [3.8, 4) is 0 Å². The summed E-state index contributed by atoms with van der Waals surface area (Å²) < 4.78 is 0. The average Bonchev–Trinajstić information content (AvgIpc) is 2.25. The first kappa shape index (κ1) is 12.9. The van der Waals surface area contributed by atoms with E-state index in [9.17, 15) is 20.2 Å². The third kappa shape index (κ3) is 3.72. The molecular formula is C8H8N4O4S. The van der Waals surface area contributed by atoms with Crippen LogP contribution in [0, 0.1) is 25.6 Å². The zero-order valence-electron chi connectivity index (χ0n) is 8.45. The summed E-state index contributed by atoms with van der Waals surface area (Å²) in [6.45, 7) is 0. The number of nitrogens with one attached hydrogen (secondary N) is 1. The molecule has 0 bridgehead atoms. The Morgan fingerprint density at radius 2 is 1.71 bits per heavy atom. The summed E-state index contributed by atoms with van der Waals surface area (Å²) >= 11 is 0.941. The van der Waals surface area contributed by atoms with Gasteiger partial charge in [0.1, 0.15) is 0 Å². The minimum atomic E-state index is -0.699. The summed E-state index contributed by atoms with van der Waals surface area (Å²) in [5.41, 5.74) is 4.80. The lowest BCUT2D eigenvalue weighted by Crippen LogP contribution is -2.04. The van der Waals surface area contributed by atoms with Crippen LogP contribution in [0.15, 0.2) is 18.2 Å². The molecule has 0 atom stereocenters. The van der Waals surface area contributed by atoms with Crippen molar-refractivity contribution in [2.45, 2.75) is 5.75 Å². The Balaban J connectivity index is 3.08. The van der Waals surface area contributed by atoms with Gasteiger partial charge in [0.15, 0.2) is 5.17 Å². The number of thioether (sulfide) groups is 1. The van der Waals surface area contributed by atoms with E-state index in [4.69, 9.17) is 11.1 Å². The standard InChI is InChI=1S/C8H8N4O4S/c9-8(10)17-4-5-1-6(11(13)14)3-7(2-5)12(15)16/h1-3H,4H2,(H3,9,10). The molecule has 0 amide bonds. The van der Waals surface area contributed by atoms with Crippen molar-refractivity contribution in [2.75, 3.05) is 0 Å². The van der Waals surface area contributed by atoms with E-state index in [1.807, 2.05) is 0 Å². The number of nitrogens with zero attached hydrogens (tertiary/aromatic N) is 2. The number of hydrogen-bond donors (Lipinski definition) is 2. The van der Waals surface area contributed by atoms with E-state index in [-0.39, 0.29) is 22.3 Å². The van der Waals surface area contributed by atoms with E-state index >= 15 is 0 Å². The third-order valence-corrected chi connectivity index (χ3v) is 2.57. The van der Waals surface area contributed by atoms with Crippen LogP contribution in [0.1, 0.15) is 5.56 Å². The van der Waals surface area contributed by atoms with Gasteiger partial charge in [-0.25, -0.2) is 0 Å². The van der Waals surface area contributed by atoms with Gasteiger partial charge in [0.05, 0.1) is 15.9 Å². The Kier molecular flexibility index (Phi) is 3.99. The normalized spacial score (nSPS) is 9.88. The fourth-order valence-corrected chi connectivity index (χ4v) is 1.60. The van der Waals surface area contributed by atoms with Gasteiger partial charge in [0, 0.05) is 17.9 Å². The second-order valence-electron chi connectivity index (χ2n) is 3.02. The molecule has 3 N–H and O–H groups in total. The van der Waals surface area contributed by atoms with Crippen LogP contribution in [0.4, 0.5) is 11.4 Å². The lowest BCUT2D eigenvalue weighted by atomic mass is 10.2. The lowest BCUT2D eigenvalue weighted by molar-refractivity contribution is -0.394. The Hall–Kier alpha value is -2.16. The van der Waals surface area contributed by atoms with Crippen LogP contribution in [-0.4, -0.2) is 15.0 Å². The minimum absolute atomic E-state index is 0.154. The number of benzene rings is 1. The predicted octanol–water partition coefficient (Wildman–Crippen LogP) is 1.63. The molecule has 0 aliphatic rings. The Bertz CT molecular complexity index is 458. The lowest BCUT2D eigenvalue weighted by Gasteiger charge is -2.00. The van der Waals surface area contributed by atoms with Gasteiger partial charge in [-0.05, 0) is 5.56 Å². The van der Waals surface area contributed by atoms with E-state index in [1.54, 1.807) is 0 Å². The second kappa shape index (κ2) is 5.25. The molecule has 9 heteroatoms. The highest BCUT2D eigenvalue weighted by Gasteiger charge is 2.16. The van der Waals surface area contributed by atoms with Crippen molar-refractivity contribution < 1.29 is 9.85 Å². The summed E-state index contributed by atoms with van der Waals surface area (Å²) in [7, 11) is 0. The van der Waals surface area contributed by atoms with Crippen molar-refractivity contribution >= 4 is 28.3 Å². The molecule has 0 radical (unpaired) electrons. The number of amidine groups is 1. The van der Waals surface area contributed by atoms with E-state index in [0.29, 0.717) is 5.56 Å². The molecule has 0 aromatic heterocycles. The molecule has 1 rings (SSSR count). The molecule has 8 nitrogen and oxygen atoms in total. The van der Waals surface area contributed by atoms with E-state index in [2.05, 4.69) is 0 Å². The zero-order valence-corrected chi connectivity index (χ0v) is 9.27. The van der Waals surface area contributed by atoms with Gasteiger partial charge in [0.2, 0.25) is 0 Å². The van der Waals surface area contributed by atoms with Gasteiger partial charge >= 0.3 is 0 Å². The van der Waals surface area contributed by atoms with Crippen LogP contribution >= 0.6 is 11.8 Å². The Morgan fingerprint density at radius 1 is 1.24 bits per heavy atom. The van der Waals surface area contributed by atoms with Crippen molar-refractivity contribution in [2.24, 2.45) is 5.73 Å². The fourth-order valence-electron chi connectivity index (χ4n) is 1.11. The highest BCUT2D eigenvalue weighted by Crippen LogP contribution is 2.25. The van der Waals surface area contributed by atoms with E-state index in [0.717, 1.165) is 17.8 Å². The summed E-state index contributed by atoms with van der Waals surface area (Å²) in [4.78, 5) is 19.8. The molecule has 0 spiro atoms. The maximum Gasteiger partial charge on any atom is 0.276 e. The van der Waals surface area contributed by atoms with Crippen LogP contribution in [-0.2, 0) is 5.75 Å². The molecule has 0 saturated carbocycles. The first-order chi connectivity index (χ1) is 7.90. The molecule has 0 aliphatic carbocycles. The van der Waals surface area contributed by atoms with Crippen molar-refractivity contribution in [3.63, 3.8) is 0 Å². The maximum absolute atomic E-state index is 10.6. The Morgan fingerprint density at radius 3 is 2.06 bits per heavy atom. The zero-order chi connectivity index (χ0) is 13.0. The van der Waals surface area contributed by atoms with Crippen LogP contribution in [0.5, 0.6) is 0 Å². The van der Waals surface area contributed by atoms with Gasteiger partial charge in [-0.2, -0.15) is 0 Å². The predicted molar refractivity (Wildman–Crippen MR) is 63.0 cm³/mol. The molecular weight excluding hydrogens is 248 g/mol. The summed E-state index contributed by atoms with van der Waals surface area (Å²) in [5.74, 6) is 0.178. The van der Waals surface area contributed by atoms with Crippen LogP contribution in [0.3, 0.4) is 0 Å². The summed E-state index contributed by atoms with van der Waals surface area (Å²) in [5, 5.41) is 28.0. The number of hydrogen-bond acceptors (Lipinski definition) is 6. The number of nitro groups is 2. The van der Waals surface area contributed by atoms with Gasteiger partial charge < -0.3 is 5.73 Å². The summed E-state index contributed by atoms with van der Waals surface area (Å²) in [6.07, 6.45) is 0. The molecule has 0 aliphatic heterocycles. The van der Waals surface area contributed by atoms with Crippen LogP contribution in [0.25, 0.3) is 0 Å². The average molecular weight is 256 g/mol. The van der Waals surface area contributed by atoms with E-state index < -0.39 is 9.85 Å². The molecule has 17 heavy (non-hydrogen) atoms. The number of nitrogens with two attached hydrogens (primary N) is 1. The molecule has 0 saturated heterocycles. The van der Waals surface area contributed by atoms with Gasteiger partial charge in [-0.3, -0.25) is 25.6 Å².